The number of unbranched alkanes of at least 4 members (excludes halogenated alkanes) is 8. The summed E-state index contributed by atoms with van der Waals surface area (Å²) >= 11 is 0. The quantitative estimate of drug-likeness (QED) is 0.0643. The first kappa shape index (κ1) is 40.4. The summed E-state index contributed by atoms with van der Waals surface area (Å²) in [5.74, 6) is -6.00. The first-order valence-electron chi connectivity index (χ1n) is 15.5. The summed E-state index contributed by atoms with van der Waals surface area (Å²) in [4.78, 5) is 83.3. The fraction of sp³-hybridized carbons (Fsp3) is 0.759. The third kappa shape index (κ3) is 19.6. The van der Waals surface area contributed by atoms with E-state index in [0.717, 1.165) is 19.3 Å². The SMILES string of the molecule is CCCCCCCCCCCC(=O)NC(C)C(=O)NC(CCC(=O)NC(CCCC(N)C(=O)NC(=O)CN)C(=O)O)C(=O)O. The molecular formula is C29H52N6O9. The number of nitrogens with two attached hydrogens (primary N) is 2. The van der Waals surface area contributed by atoms with Crippen molar-refractivity contribution < 1.29 is 43.8 Å². The molecule has 44 heavy (non-hydrogen) atoms. The zero-order chi connectivity index (χ0) is 33.5. The van der Waals surface area contributed by atoms with Gasteiger partial charge in [-0.1, -0.05) is 58.3 Å². The van der Waals surface area contributed by atoms with E-state index in [1.807, 2.05) is 5.32 Å². The molecule has 0 saturated carbocycles. The molecule has 0 aromatic heterocycles. The Bertz CT molecular complexity index is 946. The zero-order valence-corrected chi connectivity index (χ0v) is 26.0. The fourth-order valence-corrected chi connectivity index (χ4v) is 4.28. The Morgan fingerprint density at radius 2 is 1.14 bits per heavy atom. The fourth-order valence-electron chi connectivity index (χ4n) is 4.28. The lowest BCUT2D eigenvalue weighted by Gasteiger charge is -2.19. The first-order chi connectivity index (χ1) is 20.8. The van der Waals surface area contributed by atoms with Crippen molar-refractivity contribution in [3.63, 3.8) is 0 Å². The molecule has 0 fully saturated rings. The van der Waals surface area contributed by atoms with E-state index >= 15 is 0 Å². The van der Waals surface area contributed by atoms with Gasteiger partial charge in [0.15, 0.2) is 0 Å². The van der Waals surface area contributed by atoms with Gasteiger partial charge in [-0.2, -0.15) is 0 Å². The van der Waals surface area contributed by atoms with E-state index in [-0.39, 0.29) is 38.0 Å². The van der Waals surface area contributed by atoms with Crippen molar-refractivity contribution in [3.05, 3.63) is 0 Å². The number of hydrogen-bond donors (Lipinski definition) is 8. The van der Waals surface area contributed by atoms with Gasteiger partial charge in [-0.05, 0) is 39.0 Å². The Hall–Kier alpha value is -3.59. The van der Waals surface area contributed by atoms with E-state index in [4.69, 9.17) is 11.5 Å². The predicted octanol–water partition coefficient (Wildman–Crippen LogP) is 0.430. The zero-order valence-electron chi connectivity index (χ0n) is 26.0. The molecule has 0 aromatic carbocycles. The largest absolute Gasteiger partial charge is 0.480 e. The van der Waals surface area contributed by atoms with Crippen LogP contribution in [0.1, 0.15) is 110 Å². The summed E-state index contributed by atoms with van der Waals surface area (Å²) < 4.78 is 0. The number of hydrogen-bond acceptors (Lipinski definition) is 9. The second kappa shape index (κ2) is 23.8. The molecular weight excluding hydrogens is 576 g/mol. The molecule has 0 aliphatic heterocycles. The summed E-state index contributed by atoms with van der Waals surface area (Å²) in [7, 11) is 0. The van der Waals surface area contributed by atoms with Crippen molar-refractivity contribution in [2.75, 3.05) is 6.54 Å². The van der Waals surface area contributed by atoms with E-state index in [1.54, 1.807) is 0 Å². The van der Waals surface area contributed by atoms with E-state index in [0.29, 0.717) is 6.42 Å². The number of carbonyl (C=O) groups is 7. The maximum absolute atomic E-state index is 12.5. The van der Waals surface area contributed by atoms with E-state index < -0.39 is 72.7 Å². The molecule has 252 valence electrons. The van der Waals surface area contributed by atoms with E-state index in [9.17, 15) is 43.8 Å². The van der Waals surface area contributed by atoms with Gasteiger partial charge in [-0.25, -0.2) is 9.59 Å². The van der Waals surface area contributed by atoms with Crippen LogP contribution in [0.15, 0.2) is 0 Å². The maximum Gasteiger partial charge on any atom is 0.326 e. The van der Waals surface area contributed by atoms with Crippen LogP contribution in [-0.2, 0) is 33.6 Å². The topological polar surface area (TPSA) is 260 Å². The van der Waals surface area contributed by atoms with Crippen molar-refractivity contribution in [2.24, 2.45) is 11.5 Å². The van der Waals surface area contributed by atoms with Gasteiger partial charge in [0.2, 0.25) is 29.5 Å². The number of carboxylic acids is 2. The highest BCUT2D eigenvalue weighted by molar-refractivity contribution is 5.98. The highest BCUT2D eigenvalue weighted by atomic mass is 16.4. The molecule has 0 rings (SSSR count). The average molecular weight is 629 g/mol. The van der Waals surface area contributed by atoms with Crippen molar-refractivity contribution in [3.8, 4) is 0 Å². The van der Waals surface area contributed by atoms with Crippen LogP contribution in [0.4, 0.5) is 0 Å². The molecule has 0 spiro atoms. The maximum atomic E-state index is 12.5. The van der Waals surface area contributed by atoms with Crippen LogP contribution >= 0.6 is 0 Å². The monoisotopic (exact) mass is 628 g/mol. The third-order valence-electron chi connectivity index (χ3n) is 6.98. The Balaban J connectivity index is 4.53. The number of aliphatic carboxylic acids is 2. The molecule has 4 unspecified atom stereocenters. The minimum absolute atomic E-state index is 0.0321. The van der Waals surface area contributed by atoms with E-state index in [2.05, 4.69) is 22.9 Å². The van der Waals surface area contributed by atoms with Crippen molar-refractivity contribution in [1.82, 2.24) is 21.3 Å². The van der Waals surface area contributed by atoms with Crippen LogP contribution in [0, 0.1) is 0 Å². The number of nitrogens with one attached hydrogen (secondary N) is 4. The Kier molecular flexibility index (Phi) is 21.9. The van der Waals surface area contributed by atoms with Crippen LogP contribution in [-0.4, -0.2) is 82.4 Å². The lowest BCUT2D eigenvalue weighted by Crippen LogP contribution is -2.50. The Morgan fingerprint density at radius 3 is 1.68 bits per heavy atom. The van der Waals surface area contributed by atoms with Crippen molar-refractivity contribution in [2.45, 2.75) is 134 Å². The molecule has 0 bridgehead atoms. The van der Waals surface area contributed by atoms with Gasteiger partial charge in [0.05, 0.1) is 12.6 Å². The first-order valence-corrected chi connectivity index (χ1v) is 15.5. The number of amides is 5. The Labute approximate surface area is 259 Å². The molecule has 4 atom stereocenters. The Morgan fingerprint density at radius 1 is 0.614 bits per heavy atom. The van der Waals surface area contributed by atoms with Crippen molar-refractivity contribution in [1.29, 1.82) is 0 Å². The molecule has 0 aliphatic rings. The highest BCUT2D eigenvalue weighted by Crippen LogP contribution is 2.11. The summed E-state index contributed by atoms with van der Waals surface area (Å²) in [6, 6.07) is -4.85. The van der Waals surface area contributed by atoms with Crippen LogP contribution in [0.5, 0.6) is 0 Å². The number of carboxylic acid groups (broad SMARTS) is 2. The summed E-state index contributed by atoms with van der Waals surface area (Å²) in [6.07, 6.45) is 9.52. The lowest BCUT2D eigenvalue weighted by molar-refractivity contribution is -0.143. The second-order valence-electron chi connectivity index (χ2n) is 10.9. The van der Waals surface area contributed by atoms with Crippen LogP contribution in [0.3, 0.4) is 0 Å². The van der Waals surface area contributed by atoms with Gasteiger partial charge in [0, 0.05) is 12.8 Å². The van der Waals surface area contributed by atoms with Crippen LogP contribution < -0.4 is 32.7 Å². The van der Waals surface area contributed by atoms with Crippen LogP contribution in [0.2, 0.25) is 0 Å². The normalized spacial score (nSPS) is 13.5. The molecule has 0 heterocycles. The molecule has 5 amide bonds. The minimum Gasteiger partial charge on any atom is -0.480 e. The van der Waals surface area contributed by atoms with Crippen molar-refractivity contribution >= 4 is 41.5 Å². The number of rotatable bonds is 25. The molecule has 15 nitrogen and oxygen atoms in total. The number of imide groups is 1. The highest BCUT2D eigenvalue weighted by Gasteiger charge is 2.26. The van der Waals surface area contributed by atoms with Gasteiger partial charge in [0.25, 0.3) is 0 Å². The van der Waals surface area contributed by atoms with Crippen LogP contribution in [0.25, 0.3) is 0 Å². The van der Waals surface area contributed by atoms with Gasteiger partial charge in [-0.15, -0.1) is 0 Å². The minimum atomic E-state index is -1.44. The second-order valence-corrected chi connectivity index (χ2v) is 10.9. The van der Waals surface area contributed by atoms with Gasteiger partial charge >= 0.3 is 11.9 Å². The molecule has 10 N–H and O–H groups in total. The smallest absolute Gasteiger partial charge is 0.326 e. The van der Waals surface area contributed by atoms with Gasteiger partial charge in [0.1, 0.15) is 18.1 Å². The summed E-state index contributed by atoms with van der Waals surface area (Å²) in [5.41, 5.74) is 10.8. The van der Waals surface area contributed by atoms with Gasteiger partial charge in [-0.3, -0.25) is 29.3 Å². The molecule has 0 saturated heterocycles. The van der Waals surface area contributed by atoms with E-state index in [1.165, 1.54) is 39.0 Å². The predicted molar refractivity (Wildman–Crippen MR) is 162 cm³/mol. The third-order valence-corrected chi connectivity index (χ3v) is 6.98. The standard InChI is InChI=1S/C29H52N6O9/c1-3-4-5-6-7-8-9-10-11-15-23(36)32-19(2)26(39)34-22(29(43)44)16-17-24(37)33-21(28(41)42)14-12-13-20(31)27(40)35-25(38)18-30/h19-22H,3-18,30-31H2,1-2H3,(H,32,36)(H,33,37)(H,34,39)(H,41,42)(H,43,44)(H,35,38,40). The molecule has 15 heteroatoms. The molecule has 0 aromatic rings. The summed E-state index contributed by atoms with van der Waals surface area (Å²) in [6.45, 7) is 3.21. The molecule has 0 aliphatic carbocycles. The number of carbonyl (C=O) groups excluding carboxylic acids is 5. The average Bonchev–Trinajstić information content (AvgIpc) is 2.97. The molecule has 0 radical (unpaired) electrons. The van der Waals surface area contributed by atoms with Gasteiger partial charge < -0.3 is 37.6 Å². The summed E-state index contributed by atoms with van der Waals surface area (Å²) in [5, 5.41) is 28.1. The lowest BCUT2D eigenvalue weighted by atomic mass is 10.0.